The van der Waals surface area contributed by atoms with Crippen LogP contribution in [0.1, 0.15) is 112 Å². The molecule has 0 saturated heterocycles. The Bertz CT molecular complexity index is 724. The van der Waals surface area contributed by atoms with Gasteiger partial charge in [0.15, 0.2) is 0 Å². The van der Waals surface area contributed by atoms with Crippen LogP contribution in [0, 0.1) is 46.3 Å². The van der Waals surface area contributed by atoms with Gasteiger partial charge in [0.2, 0.25) is 0 Å². The standard InChI is InChI=1S/C29H48Cl2O2/c1-18(2)8-7-9-19(3)23-10-11-24-22-16-26(30)29(31)17-21(33-20(4)32)12-15-28(29,6)25(22)13-14-27(23,24)5/h18-19,21-26H,7-17H2,1-6H3/t19-,21+,22-,23+,24+,25-,26+,27-,28-,29+/m1/s1. The van der Waals surface area contributed by atoms with Crippen LogP contribution in [-0.2, 0) is 9.53 Å². The van der Waals surface area contributed by atoms with Crippen LogP contribution in [0.3, 0.4) is 0 Å². The first-order valence-electron chi connectivity index (χ1n) is 13.9. The Balaban J connectivity index is 1.51. The van der Waals surface area contributed by atoms with Gasteiger partial charge in [0.1, 0.15) is 6.10 Å². The molecule has 0 N–H and O–H groups in total. The summed E-state index contributed by atoms with van der Waals surface area (Å²) >= 11 is 14.7. The quantitative estimate of drug-likeness (QED) is 0.270. The van der Waals surface area contributed by atoms with Gasteiger partial charge in [-0.2, -0.15) is 0 Å². The predicted molar refractivity (Wildman–Crippen MR) is 139 cm³/mol. The van der Waals surface area contributed by atoms with Gasteiger partial charge in [-0.25, -0.2) is 0 Å². The van der Waals surface area contributed by atoms with Gasteiger partial charge in [-0.3, -0.25) is 4.79 Å². The summed E-state index contributed by atoms with van der Waals surface area (Å²) in [5, 5.41) is -0.0476. The minimum Gasteiger partial charge on any atom is -0.462 e. The van der Waals surface area contributed by atoms with E-state index in [0.717, 1.165) is 42.9 Å². The molecule has 0 aromatic heterocycles. The van der Waals surface area contributed by atoms with Crippen LogP contribution in [0.15, 0.2) is 0 Å². The fourth-order valence-corrected chi connectivity index (χ4v) is 10.5. The van der Waals surface area contributed by atoms with E-state index in [9.17, 15) is 4.79 Å². The zero-order valence-electron chi connectivity index (χ0n) is 22.0. The van der Waals surface area contributed by atoms with Crippen LogP contribution in [0.4, 0.5) is 0 Å². The molecule has 4 fully saturated rings. The lowest BCUT2D eigenvalue weighted by Gasteiger charge is -2.65. The van der Waals surface area contributed by atoms with Crippen molar-refractivity contribution in [2.75, 3.05) is 0 Å². The SMILES string of the molecule is CC(=O)O[C@H]1CC[C@]2(C)[C@@H]3CC[C@@]4(C)[C@@H](CC[C@H]4[C@H](C)CCCC(C)C)[C@H]3C[C@H](Cl)[C@@]2(Cl)C1. The van der Waals surface area contributed by atoms with Gasteiger partial charge in [-0.05, 0) is 91.3 Å². The Morgan fingerprint density at radius 1 is 1.03 bits per heavy atom. The molecular formula is C29H48Cl2O2. The molecule has 0 bridgehead atoms. The molecule has 0 aromatic rings. The lowest BCUT2D eigenvalue weighted by molar-refractivity contribution is -0.156. The minimum absolute atomic E-state index is 0.0306. The van der Waals surface area contributed by atoms with E-state index >= 15 is 0 Å². The molecule has 2 nitrogen and oxygen atoms in total. The number of carbonyl (C=O) groups excluding carboxylic acids is 1. The Kier molecular flexibility index (Phi) is 7.52. The molecule has 33 heavy (non-hydrogen) atoms. The van der Waals surface area contributed by atoms with Crippen LogP contribution in [0.25, 0.3) is 0 Å². The predicted octanol–water partition coefficient (Wildman–Crippen LogP) is 8.62. The fraction of sp³-hybridized carbons (Fsp3) is 0.966. The topological polar surface area (TPSA) is 26.3 Å². The molecule has 0 aromatic carbocycles. The number of halogens is 2. The highest BCUT2D eigenvalue weighted by molar-refractivity contribution is 6.33. The molecule has 0 unspecified atom stereocenters. The fourth-order valence-electron chi connectivity index (χ4n) is 9.51. The number of esters is 1. The van der Waals surface area contributed by atoms with E-state index in [1.807, 2.05) is 0 Å². The van der Waals surface area contributed by atoms with Crippen molar-refractivity contribution < 1.29 is 9.53 Å². The summed E-state index contributed by atoms with van der Waals surface area (Å²) in [7, 11) is 0. The summed E-state index contributed by atoms with van der Waals surface area (Å²) in [6.45, 7) is 13.8. The van der Waals surface area contributed by atoms with Gasteiger partial charge in [-0.15, -0.1) is 23.2 Å². The first-order valence-corrected chi connectivity index (χ1v) is 14.7. The van der Waals surface area contributed by atoms with Gasteiger partial charge >= 0.3 is 5.97 Å². The normalized spacial score (nSPS) is 48.0. The van der Waals surface area contributed by atoms with Crippen LogP contribution >= 0.6 is 23.2 Å². The number of hydrogen-bond acceptors (Lipinski definition) is 2. The van der Waals surface area contributed by atoms with Gasteiger partial charge < -0.3 is 4.74 Å². The zero-order valence-corrected chi connectivity index (χ0v) is 23.5. The maximum absolute atomic E-state index is 11.6. The summed E-state index contributed by atoms with van der Waals surface area (Å²) in [6.07, 6.45) is 13.2. The second kappa shape index (κ2) is 9.49. The van der Waals surface area contributed by atoms with Crippen molar-refractivity contribution in [1.82, 2.24) is 0 Å². The van der Waals surface area contributed by atoms with E-state index in [1.54, 1.807) is 0 Å². The number of hydrogen-bond donors (Lipinski definition) is 0. The van der Waals surface area contributed by atoms with Crippen LogP contribution in [0.5, 0.6) is 0 Å². The molecule has 190 valence electrons. The molecule has 4 heteroatoms. The number of alkyl halides is 2. The van der Waals surface area contributed by atoms with Gasteiger partial charge in [0.05, 0.1) is 10.3 Å². The first kappa shape index (κ1) is 26.1. The van der Waals surface area contributed by atoms with E-state index in [4.69, 9.17) is 27.9 Å². The average Bonchev–Trinajstić information content (AvgIpc) is 3.07. The molecule has 0 heterocycles. The van der Waals surface area contributed by atoms with Crippen LogP contribution in [0.2, 0.25) is 0 Å². The third-order valence-electron chi connectivity index (χ3n) is 11.2. The van der Waals surface area contributed by atoms with Crippen molar-refractivity contribution in [3.63, 3.8) is 0 Å². The molecule has 0 aliphatic heterocycles. The van der Waals surface area contributed by atoms with Gasteiger partial charge in [0, 0.05) is 13.3 Å². The van der Waals surface area contributed by atoms with E-state index in [-0.39, 0.29) is 22.9 Å². The van der Waals surface area contributed by atoms with Gasteiger partial charge in [0.25, 0.3) is 0 Å². The Hall–Kier alpha value is 0.0500. The molecule has 4 aliphatic rings. The monoisotopic (exact) mass is 498 g/mol. The largest absolute Gasteiger partial charge is 0.462 e. The summed E-state index contributed by atoms with van der Waals surface area (Å²) in [5.41, 5.74) is 0.496. The molecule has 4 aliphatic carbocycles. The second-order valence-corrected chi connectivity index (χ2v) is 14.6. The molecule has 0 amide bonds. The maximum atomic E-state index is 11.6. The third kappa shape index (κ3) is 4.41. The second-order valence-electron chi connectivity index (χ2n) is 13.4. The summed E-state index contributed by atoms with van der Waals surface area (Å²) in [6, 6.07) is 0. The zero-order chi connectivity index (χ0) is 24.2. The third-order valence-corrected chi connectivity index (χ3v) is 12.7. The van der Waals surface area contributed by atoms with Crippen molar-refractivity contribution in [3.05, 3.63) is 0 Å². The number of ether oxygens (including phenoxy) is 1. The van der Waals surface area contributed by atoms with Gasteiger partial charge in [-0.1, -0.05) is 53.9 Å². The molecule has 0 radical (unpaired) electrons. The summed E-state index contributed by atoms with van der Waals surface area (Å²) in [4.78, 5) is 11.1. The lowest BCUT2D eigenvalue weighted by atomic mass is 9.44. The van der Waals surface area contributed by atoms with E-state index in [0.29, 0.717) is 23.7 Å². The smallest absolute Gasteiger partial charge is 0.302 e. The van der Waals surface area contributed by atoms with Crippen molar-refractivity contribution in [3.8, 4) is 0 Å². The molecule has 10 atom stereocenters. The summed E-state index contributed by atoms with van der Waals surface area (Å²) in [5.74, 6) is 4.44. The van der Waals surface area contributed by atoms with Crippen LogP contribution in [-0.4, -0.2) is 22.3 Å². The average molecular weight is 500 g/mol. The molecule has 4 rings (SSSR count). The first-order chi connectivity index (χ1) is 15.4. The number of fused-ring (bicyclic) bond motifs is 5. The van der Waals surface area contributed by atoms with Crippen molar-refractivity contribution in [2.24, 2.45) is 46.3 Å². The Labute approximate surface area is 213 Å². The maximum Gasteiger partial charge on any atom is 0.302 e. The molecular weight excluding hydrogens is 451 g/mol. The van der Waals surface area contributed by atoms with E-state index < -0.39 is 4.87 Å². The van der Waals surface area contributed by atoms with Crippen molar-refractivity contribution >= 4 is 29.2 Å². The Morgan fingerprint density at radius 2 is 1.76 bits per heavy atom. The molecule has 4 saturated carbocycles. The highest BCUT2D eigenvalue weighted by Gasteiger charge is 2.67. The minimum atomic E-state index is -0.468. The Morgan fingerprint density at radius 3 is 2.42 bits per heavy atom. The highest BCUT2D eigenvalue weighted by Crippen LogP contribution is 2.71. The lowest BCUT2D eigenvalue weighted by Crippen LogP contribution is -2.65. The van der Waals surface area contributed by atoms with Crippen LogP contribution < -0.4 is 0 Å². The number of rotatable bonds is 6. The molecule has 0 spiro atoms. The highest BCUT2D eigenvalue weighted by atomic mass is 35.5. The van der Waals surface area contributed by atoms with Crippen molar-refractivity contribution in [2.45, 2.75) is 129 Å². The summed E-state index contributed by atoms with van der Waals surface area (Å²) < 4.78 is 5.63. The van der Waals surface area contributed by atoms with E-state index in [1.165, 1.54) is 51.9 Å². The number of carbonyl (C=O) groups is 1. The van der Waals surface area contributed by atoms with E-state index in [2.05, 4.69) is 34.6 Å². The van der Waals surface area contributed by atoms with Crippen molar-refractivity contribution in [1.29, 1.82) is 0 Å².